The lowest BCUT2D eigenvalue weighted by Gasteiger charge is -2.48. The molecule has 3 atom stereocenters. The molecule has 2 aliphatic carbocycles. The average Bonchev–Trinajstić information content (AvgIpc) is 2.97. The maximum absolute atomic E-state index is 3.80. The van der Waals surface area contributed by atoms with E-state index in [1.807, 2.05) is 0 Å². The van der Waals surface area contributed by atoms with E-state index >= 15 is 0 Å². The molecule has 2 heteroatoms. The molecule has 1 N–H and O–H groups in total. The van der Waals surface area contributed by atoms with Crippen molar-refractivity contribution in [2.45, 2.75) is 90.1 Å². The first-order valence-corrected chi connectivity index (χ1v) is 9.74. The summed E-state index contributed by atoms with van der Waals surface area (Å²) in [5, 5.41) is 3.80. The average molecular weight is 293 g/mol. The van der Waals surface area contributed by atoms with Gasteiger partial charge < -0.3 is 5.32 Å². The molecule has 0 radical (unpaired) electrons. The zero-order chi connectivity index (χ0) is 14.7. The van der Waals surface area contributed by atoms with Crippen molar-refractivity contribution in [3.8, 4) is 0 Å². The number of rotatable bonds is 4. The third kappa shape index (κ3) is 3.47. The molecular weight excluding hydrogens is 256 g/mol. The van der Waals surface area contributed by atoms with Gasteiger partial charge >= 0.3 is 0 Å². The van der Waals surface area contributed by atoms with E-state index in [1.54, 1.807) is 0 Å². The minimum atomic E-state index is 0.760. The van der Waals surface area contributed by atoms with Crippen molar-refractivity contribution >= 4 is 0 Å². The van der Waals surface area contributed by atoms with Gasteiger partial charge in [-0.05, 0) is 75.9 Å². The fraction of sp³-hybridized carbons (Fsp3) is 1.00. The van der Waals surface area contributed by atoms with Crippen molar-refractivity contribution in [2.75, 3.05) is 19.6 Å². The fourth-order valence-electron chi connectivity index (χ4n) is 5.46. The number of nitrogens with one attached hydrogen (secondary N) is 1. The second kappa shape index (κ2) is 7.00. The van der Waals surface area contributed by atoms with E-state index in [1.165, 1.54) is 77.3 Å². The highest BCUT2D eigenvalue weighted by atomic mass is 15.2. The van der Waals surface area contributed by atoms with Gasteiger partial charge in [-0.2, -0.15) is 0 Å². The van der Waals surface area contributed by atoms with Gasteiger partial charge in [-0.25, -0.2) is 0 Å². The Morgan fingerprint density at radius 3 is 2.33 bits per heavy atom. The van der Waals surface area contributed by atoms with Crippen LogP contribution in [-0.4, -0.2) is 36.6 Å². The van der Waals surface area contributed by atoms with Crippen LogP contribution < -0.4 is 5.32 Å². The molecule has 1 heterocycles. The van der Waals surface area contributed by atoms with Gasteiger partial charge in [0, 0.05) is 12.1 Å². The van der Waals surface area contributed by atoms with Crippen molar-refractivity contribution < 1.29 is 0 Å². The third-order valence-corrected chi connectivity index (χ3v) is 6.96. The van der Waals surface area contributed by atoms with E-state index in [2.05, 4.69) is 24.1 Å². The molecule has 2 nitrogen and oxygen atoms in total. The van der Waals surface area contributed by atoms with Gasteiger partial charge in [-0.15, -0.1) is 0 Å². The maximum Gasteiger partial charge on any atom is 0.0251 e. The Bertz CT molecular complexity index is 312. The van der Waals surface area contributed by atoms with Crippen LogP contribution in [0.25, 0.3) is 0 Å². The first kappa shape index (κ1) is 15.8. The van der Waals surface area contributed by atoms with Gasteiger partial charge in [0.15, 0.2) is 0 Å². The first-order chi connectivity index (χ1) is 10.3. The molecule has 1 spiro atoms. The zero-order valence-corrected chi connectivity index (χ0v) is 14.4. The molecule has 3 unspecified atom stereocenters. The summed E-state index contributed by atoms with van der Waals surface area (Å²) in [5.41, 5.74) is 0.767. The molecule has 0 aromatic heterocycles. The van der Waals surface area contributed by atoms with Crippen LogP contribution in [0.1, 0.15) is 78.1 Å². The predicted octanol–water partition coefficient (Wildman–Crippen LogP) is 4.20. The summed E-state index contributed by atoms with van der Waals surface area (Å²) in [4.78, 5) is 2.87. The highest BCUT2D eigenvalue weighted by molar-refractivity contribution is 4.96. The van der Waals surface area contributed by atoms with E-state index in [4.69, 9.17) is 0 Å². The number of likely N-dealkylation sites (tertiary alicyclic amines) is 1. The summed E-state index contributed by atoms with van der Waals surface area (Å²) in [6, 6.07) is 1.58. The Morgan fingerprint density at radius 2 is 1.71 bits per heavy atom. The first-order valence-electron chi connectivity index (χ1n) is 9.74. The lowest BCUT2D eigenvalue weighted by molar-refractivity contribution is 0.0344. The largest absolute Gasteiger partial charge is 0.313 e. The van der Waals surface area contributed by atoms with Crippen molar-refractivity contribution in [1.29, 1.82) is 0 Å². The van der Waals surface area contributed by atoms with Crippen LogP contribution in [-0.2, 0) is 0 Å². The quantitative estimate of drug-likeness (QED) is 0.835. The van der Waals surface area contributed by atoms with Gasteiger partial charge in [-0.1, -0.05) is 33.1 Å². The number of piperidine rings is 1. The molecule has 0 amide bonds. The van der Waals surface area contributed by atoms with Gasteiger partial charge in [-0.3, -0.25) is 4.90 Å². The highest BCUT2D eigenvalue weighted by Crippen LogP contribution is 2.47. The van der Waals surface area contributed by atoms with E-state index in [0.717, 1.165) is 30.0 Å². The molecule has 0 aromatic carbocycles. The molecule has 1 saturated heterocycles. The summed E-state index contributed by atoms with van der Waals surface area (Å²) in [6.07, 6.45) is 14.7. The second-order valence-electron chi connectivity index (χ2n) is 8.06. The molecule has 21 heavy (non-hydrogen) atoms. The molecule has 2 saturated carbocycles. The Balaban J connectivity index is 1.60. The zero-order valence-electron chi connectivity index (χ0n) is 14.4. The monoisotopic (exact) mass is 292 g/mol. The number of nitrogens with zero attached hydrogens (tertiary/aromatic N) is 1. The highest BCUT2D eigenvalue weighted by Gasteiger charge is 2.41. The van der Waals surface area contributed by atoms with Crippen LogP contribution >= 0.6 is 0 Å². The molecule has 0 bridgehead atoms. The standard InChI is InChI=1S/C19H36N2/c1-3-16-7-8-17(20-4-2)18(15-16)21-13-11-19(12-14-21)9-5-6-10-19/h16-18,20H,3-15H2,1-2H3. The normalized spacial score (nSPS) is 37.1. The molecule has 3 aliphatic rings. The number of hydrogen-bond donors (Lipinski definition) is 1. The Morgan fingerprint density at radius 1 is 1.00 bits per heavy atom. The molecular formula is C19H36N2. The van der Waals surface area contributed by atoms with E-state index in [-0.39, 0.29) is 0 Å². The molecule has 122 valence electrons. The van der Waals surface area contributed by atoms with E-state index in [9.17, 15) is 0 Å². The van der Waals surface area contributed by atoms with Crippen molar-refractivity contribution in [2.24, 2.45) is 11.3 Å². The van der Waals surface area contributed by atoms with Crippen LogP contribution in [0.2, 0.25) is 0 Å². The van der Waals surface area contributed by atoms with Crippen LogP contribution in [0.5, 0.6) is 0 Å². The molecule has 0 aromatic rings. The lowest BCUT2D eigenvalue weighted by atomic mass is 9.74. The van der Waals surface area contributed by atoms with Crippen molar-refractivity contribution in [1.82, 2.24) is 10.2 Å². The molecule has 3 rings (SSSR count). The topological polar surface area (TPSA) is 15.3 Å². The predicted molar refractivity (Wildman–Crippen MR) is 90.6 cm³/mol. The number of hydrogen-bond acceptors (Lipinski definition) is 2. The van der Waals surface area contributed by atoms with Gasteiger partial charge in [0.2, 0.25) is 0 Å². The van der Waals surface area contributed by atoms with Crippen LogP contribution in [0.3, 0.4) is 0 Å². The van der Waals surface area contributed by atoms with E-state index < -0.39 is 0 Å². The Hall–Kier alpha value is -0.0800. The molecule has 3 fully saturated rings. The summed E-state index contributed by atoms with van der Waals surface area (Å²) in [5.74, 6) is 0.979. The second-order valence-corrected chi connectivity index (χ2v) is 8.06. The SMILES string of the molecule is CCNC1CCC(CC)CC1N1CCC2(CCCC2)CC1. The Kier molecular flexibility index (Phi) is 5.27. The third-order valence-electron chi connectivity index (χ3n) is 6.96. The summed E-state index contributed by atoms with van der Waals surface area (Å²) < 4.78 is 0. The lowest BCUT2D eigenvalue weighted by Crippen LogP contribution is -2.56. The minimum Gasteiger partial charge on any atom is -0.313 e. The minimum absolute atomic E-state index is 0.760. The van der Waals surface area contributed by atoms with Crippen LogP contribution in [0.15, 0.2) is 0 Å². The van der Waals surface area contributed by atoms with Gasteiger partial charge in [0.25, 0.3) is 0 Å². The summed E-state index contributed by atoms with van der Waals surface area (Å²) >= 11 is 0. The maximum atomic E-state index is 3.80. The Labute approximate surface area is 132 Å². The van der Waals surface area contributed by atoms with Crippen molar-refractivity contribution in [3.05, 3.63) is 0 Å². The smallest absolute Gasteiger partial charge is 0.0251 e. The van der Waals surface area contributed by atoms with Crippen LogP contribution in [0, 0.1) is 11.3 Å². The van der Waals surface area contributed by atoms with Gasteiger partial charge in [0.05, 0.1) is 0 Å². The fourth-order valence-corrected chi connectivity index (χ4v) is 5.46. The van der Waals surface area contributed by atoms with E-state index in [0.29, 0.717) is 0 Å². The molecule has 1 aliphatic heterocycles. The summed E-state index contributed by atoms with van der Waals surface area (Å²) in [6.45, 7) is 8.55. The van der Waals surface area contributed by atoms with Gasteiger partial charge in [0.1, 0.15) is 0 Å². The van der Waals surface area contributed by atoms with Crippen molar-refractivity contribution in [3.63, 3.8) is 0 Å². The van der Waals surface area contributed by atoms with Crippen LogP contribution in [0.4, 0.5) is 0 Å². The number of likely N-dealkylation sites (N-methyl/N-ethyl adjacent to an activating group) is 1. The summed E-state index contributed by atoms with van der Waals surface area (Å²) in [7, 11) is 0.